The fourth-order valence-corrected chi connectivity index (χ4v) is 1.97. The van der Waals surface area contributed by atoms with Crippen molar-refractivity contribution >= 4 is 6.09 Å². The minimum absolute atomic E-state index is 0.188. The quantitative estimate of drug-likeness (QED) is 0.774. The number of ether oxygens (including phenoxy) is 1. The van der Waals surface area contributed by atoms with E-state index < -0.39 is 0 Å². The second-order valence-electron chi connectivity index (χ2n) is 5.06. The molecule has 0 heterocycles. The van der Waals surface area contributed by atoms with Crippen LogP contribution in [-0.4, -0.2) is 30.5 Å². The molecule has 4 heteroatoms. The van der Waals surface area contributed by atoms with Gasteiger partial charge in [-0.2, -0.15) is 0 Å². The number of nitrogens with one attached hydrogen (secondary N) is 1. The zero-order valence-corrected chi connectivity index (χ0v) is 10.2. The molecule has 0 saturated heterocycles. The highest BCUT2D eigenvalue weighted by molar-refractivity contribution is 5.67. The summed E-state index contributed by atoms with van der Waals surface area (Å²) in [5.41, 5.74) is 0. The lowest BCUT2D eigenvalue weighted by molar-refractivity contribution is 0.0961. The summed E-state index contributed by atoms with van der Waals surface area (Å²) >= 11 is 0. The molecule has 2 N–H and O–H groups in total. The van der Waals surface area contributed by atoms with E-state index in [4.69, 9.17) is 4.74 Å². The largest absolute Gasteiger partial charge is 0.449 e. The van der Waals surface area contributed by atoms with Crippen LogP contribution in [0.5, 0.6) is 0 Å². The van der Waals surface area contributed by atoms with Crippen LogP contribution in [0.3, 0.4) is 0 Å². The third-order valence-electron chi connectivity index (χ3n) is 2.84. The van der Waals surface area contributed by atoms with E-state index in [2.05, 4.69) is 5.32 Å². The van der Waals surface area contributed by atoms with Crippen LogP contribution in [0.15, 0.2) is 0 Å². The van der Waals surface area contributed by atoms with Crippen molar-refractivity contribution in [2.24, 2.45) is 11.8 Å². The van der Waals surface area contributed by atoms with Gasteiger partial charge in [0.1, 0.15) is 0 Å². The lowest BCUT2D eigenvalue weighted by Crippen LogP contribution is -2.33. The SMILES string of the molecule is CC(C)COC(=O)NCC1CCCC(O)C1. The Bertz CT molecular complexity index is 218. The molecule has 0 spiro atoms. The van der Waals surface area contributed by atoms with Crippen molar-refractivity contribution in [3.8, 4) is 0 Å². The number of rotatable bonds is 4. The van der Waals surface area contributed by atoms with E-state index in [0.717, 1.165) is 25.7 Å². The van der Waals surface area contributed by atoms with Gasteiger partial charge >= 0.3 is 6.09 Å². The number of carbonyl (C=O) groups excluding carboxylic acids is 1. The zero-order valence-electron chi connectivity index (χ0n) is 10.2. The summed E-state index contributed by atoms with van der Waals surface area (Å²) in [4.78, 5) is 11.3. The van der Waals surface area contributed by atoms with E-state index in [0.29, 0.717) is 25.0 Å². The van der Waals surface area contributed by atoms with Gasteiger partial charge in [0.15, 0.2) is 0 Å². The average Bonchev–Trinajstić information content (AvgIpc) is 2.23. The Balaban J connectivity index is 2.11. The lowest BCUT2D eigenvalue weighted by atomic mass is 9.87. The number of aliphatic hydroxyl groups excluding tert-OH is 1. The molecule has 0 aromatic rings. The summed E-state index contributed by atoms with van der Waals surface area (Å²) < 4.78 is 5.01. The molecule has 1 saturated carbocycles. The smallest absolute Gasteiger partial charge is 0.407 e. The number of carbonyl (C=O) groups is 1. The van der Waals surface area contributed by atoms with E-state index >= 15 is 0 Å². The summed E-state index contributed by atoms with van der Waals surface area (Å²) in [6.45, 7) is 5.09. The molecule has 1 amide bonds. The van der Waals surface area contributed by atoms with Crippen molar-refractivity contribution in [3.05, 3.63) is 0 Å². The Labute approximate surface area is 97.4 Å². The first-order valence-electron chi connectivity index (χ1n) is 6.16. The predicted octanol–water partition coefficient (Wildman–Crippen LogP) is 1.92. The third kappa shape index (κ3) is 5.35. The molecule has 94 valence electrons. The van der Waals surface area contributed by atoms with Gasteiger partial charge in [-0.1, -0.05) is 20.3 Å². The van der Waals surface area contributed by atoms with E-state index in [1.807, 2.05) is 13.8 Å². The number of alkyl carbamates (subject to hydrolysis) is 1. The van der Waals surface area contributed by atoms with Crippen molar-refractivity contribution in [1.82, 2.24) is 5.32 Å². The van der Waals surface area contributed by atoms with E-state index in [9.17, 15) is 9.90 Å². The summed E-state index contributed by atoms with van der Waals surface area (Å²) in [6, 6.07) is 0. The van der Waals surface area contributed by atoms with Crippen molar-refractivity contribution in [1.29, 1.82) is 0 Å². The fraction of sp³-hybridized carbons (Fsp3) is 0.917. The molecule has 1 rings (SSSR count). The molecule has 1 aliphatic carbocycles. The van der Waals surface area contributed by atoms with Crippen LogP contribution in [0.4, 0.5) is 4.79 Å². The molecule has 1 aliphatic rings. The van der Waals surface area contributed by atoms with E-state index in [1.54, 1.807) is 0 Å². The number of hydrogen-bond donors (Lipinski definition) is 2. The molecule has 1 fully saturated rings. The van der Waals surface area contributed by atoms with Crippen molar-refractivity contribution in [2.45, 2.75) is 45.6 Å². The van der Waals surface area contributed by atoms with Crippen LogP contribution in [0, 0.1) is 11.8 Å². The van der Waals surface area contributed by atoms with Gasteiger partial charge < -0.3 is 15.2 Å². The topological polar surface area (TPSA) is 58.6 Å². The lowest BCUT2D eigenvalue weighted by Gasteiger charge is -2.25. The van der Waals surface area contributed by atoms with Crippen molar-refractivity contribution in [3.63, 3.8) is 0 Å². The van der Waals surface area contributed by atoms with Gasteiger partial charge in [0.05, 0.1) is 12.7 Å². The normalized spacial score (nSPS) is 25.5. The van der Waals surface area contributed by atoms with Crippen LogP contribution < -0.4 is 5.32 Å². The van der Waals surface area contributed by atoms with E-state index in [-0.39, 0.29) is 12.2 Å². The fourth-order valence-electron chi connectivity index (χ4n) is 1.97. The van der Waals surface area contributed by atoms with Gasteiger partial charge in [0.25, 0.3) is 0 Å². The summed E-state index contributed by atoms with van der Waals surface area (Å²) in [5, 5.41) is 12.2. The Morgan fingerprint density at radius 1 is 1.50 bits per heavy atom. The standard InChI is InChI=1S/C12H23NO3/c1-9(2)8-16-12(15)13-7-10-4-3-5-11(14)6-10/h9-11,14H,3-8H2,1-2H3,(H,13,15). The number of aliphatic hydroxyl groups is 1. The first-order chi connectivity index (χ1) is 7.58. The van der Waals surface area contributed by atoms with Crippen LogP contribution in [0.1, 0.15) is 39.5 Å². The molecule has 0 aromatic carbocycles. The maximum absolute atomic E-state index is 11.3. The van der Waals surface area contributed by atoms with Crippen molar-refractivity contribution in [2.75, 3.05) is 13.2 Å². The molecule has 0 aliphatic heterocycles. The van der Waals surface area contributed by atoms with Gasteiger partial charge in [-0.3, -0.25) is 0 Å². The highest BCUT2D eigenvalue weighted by atomic mass is 16.5. The molecule has 16 heavy (non-hydrogen) atoms. The first-order valence-corrected chi connectivity index (χ1v) is 6.16. The molecule has 4 nitrogen and oxygen atoms in total. The van der Waals surface area contributed by atoms with Gasteiger partial charge in [-0.15, -0.1) is 0 Å². The summed E-state index contributed by atoms with van der Waals surface area (Å²) in [7, 11) is 0. The maximum Gasteiger partial charge on any atom is 0.407 e. The van der Waals surface area contributed by atoms with Gasteiger partial charge in [0, 0.05) is 6.54 Å². The highest BCUT2D eigenvalue weighted by Gasteiger charge is 2.20. The molecular formula is C12H23NO3. The Hall–Kier alpha value is -0.770. The second kappa shape index (κ2) is 6.74. The Morgan fingerprint density at radius 2 is 2.25 bits per heavy atom. The van der Waals surface area contributed by atoms with Crippen molar-refractivity contribution < 1.29 is 14.6 Å². The van der Waals surface area contributed by atoms with E-state index in [1.165, 1.54) is 0 Å². The average molecular weight is 229 g/mol. The number of hydrogen-bond acceptors (Lipinski definition) is 3. The van der Waals surface area contributed by atoms with Gasteiger partial charge in [-0.25, -0.2) is 4.79 Å². The van der Waals surface area contributed by atoms with Crippen LogP contribution in [-0.2, 0) is 4.74 Å². The number of amides is 1. The highest BCUT2D eigenvalue weighted by Crippen LogP contribution is 2.23. The third-order valence-corrected chi connectivity index (χ3v) is 2.84. The minimum atomic E-state index is -0.339. The second-order valence-corrected chi connectivity index (χ2v) is 5.06. The Kier molecular flexibility index (Phi) is 5.60. The summed E-state index contributed by atoms with van der Waals surface area (Å²) in [6.07, 6.45) is 3.30. The molecule has 0 bridgehead atoms. The Morgan fingerprint density at radius 3 is 2.88 bits per heavy atom. The van der Waals surface area contributed by atoms with Gasteiger partial charge in [-0.05, 0) is 31.1 Å². The monoisotopic (exact) mass is 229 g/mol. The van der Waals surface area contributed by atoms with Crippen LogP contribution >= 0.6 is 0 Å². The maximum atomic E-state index is 11.3. The molecule has 2 atom stereocenters. The molecular weight excluding hydrogens is 206 g/mol. The van der Waals surface area contributed by atoms with Crippen LogP contribution in [0.25, 0.3) is 0 Å². The molecule has 0 aromatic heterocycles. The molecule has 2 unspecified atom stereocenters. The predicted molar refractivity (Wildman–Crippen MR) is 62.2 cm³/mol. The van der Waals surface area contributed by atoms with Gasteiger partial charge in [0.2, 0.25) is 0 Å². The van der Waals surface area contributed by atoms with Crippen LogP contribution in [0.2, 0.25) is 0 Å². The summed E-state index contributed by atoms with van der Waals surface area (Å²) in [5.74, 6) is 0.762. The minimum Gasteiger partial charge on any atom is -0.449 e. The molecule has 0 radical (unpaired) electrons. The first kappa shape index (κ1) is 13.3. The zero-order chi connectivity index (χ0) is 12.0.